The molecule has 0 unspecified atom stereocenters. The maximum atomic E-state index is 12.7. The molecule has 0 fully saturated rings. The third kappa shape index (κ3) is 3.66. The molecule has 6 heteroatoms. The number of sulfonamides is 1. The minimum atomic E-state index is -3.49. The molecule has 2 rings (SSSR count). The van der Waals surface area contributed by atoms with Crippen LogP contribution in [0.5, 0.6) is 0 Å². The summed E-state index contributed by atoms with van der Waals surface area (Å²) in [5.74, 6) is -0.156. The Morgan fingerprint density at radius 3 is 2.17 bits per heavy atom. The summed E-state index contributed by atoms with van der Waals surface area (Å²) in [6.45, 7) is 4.41. The molecule has 0 radical (unpaired) electrons. The largest absolute Gasteiger partial charge is 0.309 e. The van der Waals surface area contributed by atoms with Gasteiger partial charge in [-0.3, -0.25) is 4.79 Å². The van der Waals surface area contributed by atoms with Crippen molar-refractivity contribution in [3.63, 3.8) is 0 Å². The molecule has 1 amide bonds. The molecule has 0 spiro atoms. The minimum absolute atomic E-state index is 0.156. The van der Waals surface area contributed by atoms with E-state index < -0.39 is 10.0 Å². The zero-order valence-electron chi connectivity index (χ0n) is 14.4. The van der Waals surface area contributed by atoms with Gasteiger partial charge in [0.1, 0.15) is 0 Å². The van der Waals surface area contributed by atoms with Gasteiger partial charge in [-0.2, -0.15) is 0 Å². The van der Waals surface area contributed by atoms with E-state index in [1.54, 1.807) is 17.0 Å². The Kier molecular flexibility index (Phi) is 5.41. The molecular formula is C18H22N2O3S. The summed E-state index contributed by atoms with van der Waals surface area (Å²) < 4.78 is 25.3. The van der Waals surface area contributed by atoms with Crippen molar-refractivity contribution in [2.24, 2.45) is 0 Å². The highest BCUT2D eigenvalue weighted by atomic mass is 32.2. The predicted molar refractivity (Wildman–Crippen MR) is 95.8 cm³/mol. The fourth-order valence-corrected chi connectivity index (χ4v) is 3.28. The maximum absolute atomic E-state index is 12.7. The van der Waals surface area contributed by atoms with E-state index in [1.807, 2.05) is 38.1 Å². The summed E-state index contributed by atoms with van der Waals surface area (Å²) in [5, 5.41) is 0. The molecule has 0 aromatic heterocycles. The fraction of sp³-hybridized carbons (Fsp3) is 0.278. The third-order valence-electron chi connectivity index (χ3n) is 3.75. The van der Waals surface area contributed by atoms with Crippen LogP contribution in [-0.4, -0.2) is 39.3 Å². The molecule has 5 nitrogen and oxygen atoms in total. The highest BCUT2D eigenvalue weighted by Crippen LogP contribution is 2.20. The van der Waals surface area contributed by atoms with Crippen molar-refractivity contribution in [1.29, 1.82) is 0 Å². The summed E-state index contributed by atoms with van der Waals surface area (Å²) in [7, 11) is -0.540. The lowest BCUT2D eigenvalue weighted by molar-refractivity contribution is 0.0988. The lowest BCUT2D eigenvalue weighted by atomic mass is 10.1. The molecule has 24 heavy (non-hydrogen) atoms. The number of hydrogen-bond donors (Lipinski definition) is 0. The van der Waals surface area contributed by atoms with Crippen LogP contribution >= 0.6 is 0 Å². The average molecular weight is 346 g/mol. The number of amides is 1. The van der Waals surface area contributed by atoms with E-state index in [1.165, 1.54) is 26.2 Å². The normalized spacial score (nSPS) is 11.5. The molecule has 0 aliphatic rings. The van der Waals surface area contributed by atoms with Crippen LogP contribution in [0.4, 0.5) is 5.69 Å². The van der Waals surface area contributed by atoms with Crippen molar-refractivity contribution in [3.8, 4) is 0 Å². The molecule has 0 bridgehead atoms. The van der Waals surface area contributed by atoms with E-state index in [4.69, 9.17) is 0 Å². The van der Waals surface area contributed by atoms with Crippen LogP contribution in [0.25, 0.3) is 0 Å². The maximum Gasteiger partial charge on any atom is 0.258 e. The summed E-state index contributed by atoms with van der Waals surface area (Å²) in [4.78, 5) is 14.6. The molecule has 0 aliphatic carbocycles. The number of hydrogen-bond acceptors (Lipinski definition) is 3. The van der Waals surface area contributed by atoms with Crippen molar-refractivity contribution in [3.05, 3.63) is 59.7 Å². The van der Waals surface area contributed by atoms with Gasteiger partial charge in [-0.1, -0.05) is 12.1 Å². The topological polar surface area (TPSA) is 57.7 Å². The van der Waals surface area contributed by atoms with Gasteiger partial charge < -0.3 is 4.90 Å². The first-order chi connectivity index (χ1) is 11.3. The first-order valence-corrected chi connectivity index (χ1v) is 9.12. The van der Waals surface area contributed by atoms with Crippen LogP contribution in [0.15, 0.2) is 53.4 Å². The Morgan fingerprint density at radius 1 is 1.04 bits per heavy atom. The Hall–Kier alpha value is -2.18. The van der Waals surface area contributed by atoms with Crippen LogP contribution < -0.4 is 4.90 Å². The molecule has 0 atom stereocenters. The number of nitrogens with zero attached hydrogens (tertiary/aromatic N) is 2. The Morgan fingerprint density at radius 2 is 1.67 bits per heavy atom. The Bertz CT molecular complexity index is 828. The number of anilines is 1. The zero-order valence-corrected chi connectivity index (χ0v) is 15.2. The SMILES string of the molecule is CCN(C(=O)c1ccc(S(=O)(=O)N(C)C)cc1)c1cccc(C)c1. The summed E-state index contributed by atoms with van der Waals surface area (Å²) >= 11 is 0. The highest BCUT2D eigenvalue weighted by Gasteiger charge is 2.20. The predicted octanol–water partition coefficient (Wildman–Crippen LogP) is 2.91. The van der Waals surface area contributed by atoms with Gasteiger partial charge in [0.2, 0.25) is 10.0 Å². The van der Waals surface area contributed by atoms with Gasteiger partial charge in [0, 0.05) is 31.9 Å². The molecule has 0 aliphatic heterocycles. The number of carbonyl (C=O) groups excluding carboxylic acids is 1. The van der Waals surface area contributed by atoms with Crippen molar-refractivity contribution >= 4 is 21.6 Å². The average Bonchev–Trinajstić information content (AvgIpc) is 2.55. The van der Waals surface area contributed by atoms with Gasteiger partial charge in [0.25, 0.3) is 5.91 Å². The summed E-state index contributed by atoms with van der Waals surface area (Å²) in [5.41, 5.74) is 2.36. The first-order valence-electron chi connectivity index (χ1n) is 7.68. The second-order valence-corrected chi connectivity index (χ2v) is 7.85. The lowest BCUT2D eigenvalue weighted by Crippen LogP contribution is -2.30. The van der Waals surface area contributed by atoms with Gasteiger partial charge in [-0.25, -0.2) is 12.7 Å². The van der Waals surface area contributed by atoms with E-state index in [9.17, 15) is 13.2 Å². The molecule has 128 valence electrons. The minimum Gasteiger partial charge on any atom is -0.309 e. The smallest absolute Gasteiger partial charge is 0.258 e. The summed E-state index contributed by atoms with van der Waals surface area (Å²) in [6.07, 6.45) is 0. The van der Waals surface area contributed by atoms with E-state index >= 15 is 0 Å². The molecule has 2 aromatic carbocycles. The molecule has 0 N–H and O–H groups in total. The van der Waals surface area contributed by atoms with Crippen LogP contribution in [0.3, 0.4) is 0 Å². The van der Waals surface area contributed by atoms with Crippen molar-refractivity contribution in [2.45, 2.75) is 18.7 Å². The van der Waals surface area contributed by atoms with Crippen LogP contribution in [0, 0.1) is 6.92 Å². The van der Waals surface area contributed by atoms with Crippen molar-refractivity contribution < 1.29 is 13.2 Å². The van der Waals surface area contributed by atoms with Gasteiger partial charge in [-0.05, 0) is 55.8 Å². The zero-order chi connectivity index (χ0) is 17.9. The van der Waals surface area contributed by atoms with Crippen LogP contribution in [0.2, 0.25) is 0 Å². The molecule has 0 saturated heterocycles. The van der Waals surface area contributed by atoms with Gasteiger partial charge in [-0.15, -0.1) is 0 Å². The van der Waals surface area contributed by atoms with Gasteiger partial charge >= 0.3 is 0 Å². The van der Waals surface area contributed by atoms with E-state index in [2.05, 4.69) is 0 Å². The Labute approximate surface area is 143 Å². The monoisotopic (exact) mass is 346 g/mol. The van der Waals surface area contributed by atoms with Crippen molar-refractivity contribution in [1.82, 2.24) is 4.31 Å². The standard InChI is InChI=1S/C18H22N2O3S/c1-5-20(16-8-6-7-14(2)13-16)18(21)15-9-11-17(12-10-15)24(22,23)19(3)4/h6-13H,5H2,1-4H3. The third-order valence-corrected chi connectivity index (χ3v) is 5.58. The highest BCUT2D eigenvalue weighted by molar-refractivity contribution is 7.89. The number of carbonyl (C=O) groups is 1. The second-order valence-electron chi connectivity index (χ2n) is 5.70. The molecular weight excluding hydrogens is 324 g/mol. The van der Waals surface area contributed by atoms with Gasteiger partial charge in [0.15, 0.2) is 0 Å². The van der Waals surface area contributed by atoms with Crippen LogP contribution in [-0.2, 0) is 10.0 Å². The van der Waals surface area contributed by atoms with E-state index in [0.717, 1.165) is 15.6 Å². The van der Waals surface area contributed by atoms with Crippen molar-refractivity contribution in [2.75, 3.05) is 25.5 Å². The fourth-order valence-electron chi connectivity index (χ4n) is 2.38. The number of rotatable bonds is 5. The first kappa shape index (κ1) is 18.2. The van der Waals surface area contributed by atoms with E-state index in [-0.39, 0.29) is 10.8 Å². The lowest BCUT2D eigenvalue weighted by Gasteiger charge is -2.22. The quantitative estimate of drug-likeness (QED) is 0.836. The van der Waals surface area contributed by atoms with Gasteiger partial charge in [0.05, 0.1) is 4.90 Å². The molecule has 2 aromatic rings. The Balaban J connectivity index is 2.32. The summed E-state index contributed by atoms with van der Waals surface area (Å²) in [6, 6.07) is 13.8. The molecule has 0 saturated carbocycles. The second kappa shape index (κ2) is 7.15. The van der Waals surface area contributed by atoms with E-state index in [0.29, 0.717) is 12.1 Å². The molecule has 0 heterocycles. The number of aryl methyl sites for hydroxylation is 1. The number of benzene rings is 2. The van der Waals surface area contributed by atoms with Crippen LogP contribution in [0.1, 0.15) is 22.8 Å².